The zero-order valence-corrected chi connectivity index (χ0v) is 15.0. The molecule has 0 heterocycles. The summed E-state index contributed by atoms with van der Waals surface area (Å²) in [5, 5.41) is 4.14. The minimum Gasteiger partial charge on any atom is -0.309 e. The molecular weight excluding hydrogens is 346 g/mol. The molecule has 0 aliphatic heterocycles. The standard InChI is InChI=1S/C18H21BrClN/c1-12(2)9-13-5-4-6-14(10-13)18(21-3)15-7-8-17(20)16(19)11-15/h4-8,10-12,18,21H,9H2,1-3H3. The third-order valence-electron chi connectivity index (χ3n) is 3.49. The molecule has 0 fully saturated rings. The summed E-state index contributed by atoms with van der Waals surface area (Å²) >= 11 is 9.59. The average molecular weight is 367 g/mol. The van der Waals surface area contributed by atoms with Gasteiger partial charge in [0.1, 0.15) is 0 Å². The summed E-state index contributed by atoms with van der Waals surface area (Å²) in [6.45, 7) is 4.50. The van der Waals surface area contributed by atoms with Crippen LogP contribution in [-0.2, 0) is 6.42 Å². The summed E-state index contributed by atoms with van der Waals surface area (Å²) in [5.41, 5.74) is 3.87. The number of hydrogen-bond donors (Lipinski definition) is 1. The van der Waals surface area contributed by atoms with Gasteiger partial charge in [0.15, 0.2) is 0 Å². The molecule has 1 nitrogen and oxygen atoms in total. The lowest BCUT2D eigenvalue weighted by molar-refractivity contribution is 0.643. The Balaban J connectivity index is 2.34. The SMILES string of the molecule is CNC(c1cccc(CC(C)C)c1)c1ccc(Cl)c(Br)c1. The molecule has 0 aliphatic carbocycles. The number of nitrogens with one attached hydrogen (secondary N) is 1. The van der Waals surface area contributed by atoms with Crippen molar-refractivity contribution in [3.63, 3.8) is 0 Å². The second-order valence-corrected chi connectivity index (χ2v) is 7.00. The highest BCUT2D eigenvalue weighted by atomic mass is 79.9. The fraction of sp³-hybridized carbons (Fsp3) is 0.333. The molecule has 0 amide bonds. The molecule has 2 aromatic carbocycles. The minimum absolute atomic E-state index is 0.172. The first kappa shape index (κ1) is 16.5. The van der Waals surface area contributed by atoms with Crippen molar-refractivity contribution in [1.29, 1.82) is 0 Å². The maximum Gasteiger partial charge on any atom is 0.0574 e. The third-order valence-corrected chi connectivity index (χ3v) is 4.71. The van der Waals surface area contributed by atoms with E-state index in [1.165, 1.54) is 16.7 Å². The highest BCUT2D eigenvalue weighted by molar-refractivity contribution is 9.10. The molecule has 0 spiro atoms. The summed E-state index contributed by atoms with van der Waals surface area (Å²) in [5.74, 6) is 0.665. The Bertz CT molecular complexity index is 610. The quantitative estimate of drug-likeness (QED) is 0.725. The number of rotatable bonds is 5. The van der Waals surface area contributed by atoms with E-state index < -0.39 is 0 Å². The molecule has 21 heavy (non-hydrogen) atoms. The summed E-state index contributed by atoms with van der Waals surface area (Å²) in [6, 6.07) is 15.1. The van der Waals surface area contributed by atoms with Gasteiger partial charge in [-0.2, -0.15) is 0 Å². The van der Waals surface area contributed by atoms with Crippen LogP contribution in [0, 0.1) is 5.92 Å². The van der Waals surface area contributed by atoms with Gasteiger partial charge in [0.25, 0.3) is 0 Å². The monoisotopic (exact) mass is 365 g/mol. The largest absolute Gasteiger partial charge is 0.309 e. The maximum atomic E-state index is 6.09. The molecule has 3 heteroatoms. The number of halogens is 2. The number of hydrogen-bond acceptors (Lipinski definition) is 1. The van der Waals surface area contributed by atoms with E-state index in [2.05, 4.69) is 71.5 Å². The van der Waals surface area contributed by atoms with Gasteiger partial charge in [-0.3, -0.25) is 0 Å². The average Bonchev–Trinajstić information content (AvgIpc) is 2.43. The Hall–Kier alpha value is -0.830. The van der Waals surface area contributed by atoms with Gasteiger partial charge in [-0.25, -0.2) is 0 Å². The van der Waals surface area contributed by atoms with E-state index in [4.69, 9.17) is 11.6 Å². The van der Waals surface area contributed by atoms with Gasteiger partial charge in [-0.05, 0) is 64.1 Å². The van der Waals surface area contributed by atoms with Crippen molar-refractivity contribution in [2.45, 2.75) is 26.3 Å². The molecule has 1 N–H and O–H groups in total. The molecule has 0 saturated carbocycles. The van der Waals surface area contributed by atoms with Crippen LogP contribution in [0.2, 0.25) is 5.02 Å². The van der Waals surface area contributed by atoms with Crippen LogP contribution in [0.15, 0.2) is 46.9 Å². The lowest BCUT2D eigenvalue weighted by Crippen LogP contribution is -2.18. The minimum atomic E-state index is 0.172. The number of benzene rings is 2. The van der Waals surface area contributed by atoms with Gasteiger partial charge in [-0.15, -0.1) is 0 Å². The van der Waals surface area contributed by atoms with Gasteiger partial charge in [0.2, 0.25) is 0 Å². The third kappa shape index (κ3) is 4.32. The molecule has 112 valence electrons. The van der Waals surface area contributed by atoms with E-state index in [9.17, 15) is 0 Å². The highest BCUT2D eigenvalue weighted by Gasteiger charge is 2.13. The molecule has 0 bridgehead atoms. The van der Waals surface area contributed by atoms with Crippen LogP contribution >= 0.6 is 27.5 Å². The van der Waals surface area contributed by atoms with Crippen molar-refractivity contribution < 1.29 is 0 Å². The molecule has 0 radical (unpaired) electrons. The second kappa shape index (κ2) is 7.44. The first-order valence-corrected chi connectivity index (χ1v) is 8.39. The highest BCUT2D eigenvalue weighted by Crippen LogP contribution is 2.29. The molecule has 0 aliphatic rings. The molecule has 0 aromatic heterocycles. The van der Waals surface area contributed by atoms with Crippen LogP contribution in [0.5, 0.6) is 0 Å². The first-order valence-electron chi connectivity index (χ1n) is 7.22. The summed E-state index contributed by atoms with van der Waals surface area (Å²) in [4.78, 5) is 0. The lowest BCUT2D eigenvalue weighted by Gasteiger charge is -2.19. The molecule has 0 saturated heterocycles. The van der Waals surface area contributed by atoms with Crippen LogP contribution in [0.4, 0.5) is 0 Å². The van der Waals surface area contributed by atoms with Crippen molar-refractivity contribution >= 4 is 27.5 Å². The van der Waals surface area contributed by atoms with Crippen LogP contribution in [0.3, 0.4) is 0 Å². The van der Waals surface area contributed by atoms with Crippen LogP contribution in [0.25, 0.3) is 0 Å². The molecule has 2 aromatic rings. The van der Waals surface area contributed by atoms with Crippen LogP contribution in [0.1, 0.15) is 36.6 Å². The smallest absolute Gasteiger partial charge is 0.0574 e. The van der Waals surface area contributed by atoms with E-state index in [-0.39, 0.29) is 6.04 Å². The van der Waals surface area contributed by atoms with Crippen molar-refractivity contribution in [2.75, 3.05) is 7.05 Å². The van der Waals surface area contributed by atoms with Crippen LogP contribution in [-0.4, -0.2) is 7.05 Å². The van der Waals surface area contributed by atoms with Crippen molar-refractivity contribution in [3.8, 4) is 0 Å². The Morgan fingerprint density at radius 3 is 2.43 bits per heavy atom. The fourth-order valence-electron chi connectivity index (χ4n) is 2.59. The molecule has 1 atom stereocenters. The molecule has 1 unspecified atom stereocenters. The van der Waals surface area contributed by atoms with Gasteiger partial charge in [-0.1, -0.05) is 55.8 Å². The van der Waals surface area contributed by atoms with Gasteiger partial charge >= 0.3 is 0 Å². The normalized spacial score (nSPS) is 12.7. The fourth-order valence-corrected chi connectivity index (χ4v) is 3.10. The predicted molar refractivity (Wildman–Crippen MR) is 95.0 cm³/mol. The first-order chi connectivity index (χ1) is 10.0. The van der Waals surface area contributed by atoms with Gasteiger partial charge < -0.3 is 5.32 Å². The van der Waals surface area contributed by atoms with E-state index in [0.29, 0.717) is 5.92 Å². The summed E-state index contributed by atoms with van der Waals surface area (Å²) in [7, 11) is 1.99. The van der Waals surface area contributed by atoms with Gasteiger partial charge in [0, 0.05) is 4.47 Å². The van der Waals surface area contributed by atoms with Crippen molar-refractivity contribution in [1.82, 2.24) is 5.32 Å². The van der Waals surface area contributed by atoms with E-state index in [1.807, 2.05) is 13.1 Å². The molecule has 2 rings (SSSR count). The van der Waals surface area contributed by atoms with E-state index in [0.717, 1.165) is 15.9 Å². The predicted octanol–water partition coefficient (Wildman–Crippen LogP) is 5.61. The Labute approximate surface area is 140 Å². The van der Waals surface area contributed by atoms with Crippen molar-refractivity contribution in [3.05, 3.63) is 68.7 Å². The van der Waals surface area contributed by atoms with Gasteiger partial charge in [0.05, 0.1) is 11.1 Å². The lowest BCUT2D eigenvalue weighted by atomic mass is 9.95. The van der Waals surface area contributed by atoms with Crippen molar-refractivity contribution in [2.24, 2.45) is 5.92 Å². The zero-order chi connectivity index (χ0) is 15.4. The topological polar surface area (TPSA) is 12.0 Å². The maximum absolute atomic E-state index is 6.09. The summed E-state index contributed by atoms with van der Waals surface area (Å²) in [6.07, 6.45) is 1.11. The second-order valence-electron chi connectivity index (χ2n) is 5.74. The van der Waals surface area contributed by atoms with E-state index in [1.54, 1.807) is 0 Å². The Kier molecular flexibility index (Phi) is 5.86. The van der Waals surface area contributed by atoms with Crippen LogP contribution < -0.4 is 5.32 Å². The Morgan fingerprint density at radius 2 is 1.81 bits per heavy atom. The molecular formula is C18H21BrClN. The Morgan fingerprint density at radius 1 is 1.10 bits per heavy atom. The van der Waals surface area contributed by atoms with E-state index >= 15 is 0 Å². The zero-order valence-electron chi connectivity index (χ0n) is 12.7. The summed E-state index contributed by atoms with van der Waals surface area (Å²) < 4.78 is 0.931.